The first kappa shape index (κ1) is 26.6. The van der Waals surface area contributed by atoms with Crippen molar-refractivity contribution >= 4 is 27.9 Å². The molecule has 192 valence electrons. The Labute approximate surface area is 211 Å². The third-order valence-electron chi connectivity index (χ3n) is 5.24. The molecular weight excluding hydrogens is 486 g/mol. The molecule has 9 nitrogen and oxygen atoms in total. The first-order valence-corrected chi connectivity index (χ1v) is 12.2. The predicted molar refractivity (Wildman–Crippen MR) is 138 cm³/mol. The summed E-state index contributed by atoms with van der Waals surface area (Å²) < 4.78 is 60.8. The molecule has 0 bridgehead atoms. The zero-order valence-corrected chi connectivity index (χ0v) is 21.8. The molecule has 0 spiro atoms. The van der Waals surface area contributed by atoms with Crippen molar-refractivity contribution in [2.75, 3.05) is 47.4 Å². The Bertz CT molecular complexity index is 1300. The molecule has 0 radical (unpaired) electrons. The molecule has 0 saturated heterocycles. The fourth-order valence-electron chi connectivity index (χ4n) is 3.52. The number of benzene rings is 3. The predicted octanol–water partition coefficient (Wildman–Crippen LogP) is 4.71. The zero-order chi connectivity index (χ0) is 26.3. The third-order valence-corrected chi connectivity index (χ3v) is 6.60. The topological polar surface area (TPSA) is 102 Å². The number of nitrogens with one attached hydrogen (secondary N) is 1. The van der Waals surface area contributed by atoms with E-state index in [1.165, 1.54) is 33.5 Å². The quantitative estimate of drug-likeness (QED) is 0.367. The van der Waals surface area contributed by atoms with Gasteiger partial charge in [-0.1, -0.05) is 24.3 Å². The second kappa shape index (κ2) is 11.6. The van der Waals surface area contributed by atoms with Gasteiger partial charge in [0.25, 0.3) is 10.0 Å². The summed E-state index contributed by atoms with van der Waals surface area (Å²) in [4.78, 5) is -0.0321. The van der Waals surface area contributed by atoms with Gasteiger partial charge in [0.1, 0.15) is 0 Å². The zero-order valence-electron chi connectivity index (χ0n) is 20.9. The van der Waals surface area contributed by atoms with Crippen LogP contribution in [0.25, 0.3) is 12.2 Å². The highest BCUT2D eigenvalue weighted by Gasteiger charge is 2.21. The monoisotopic (exact) mass is 515 g/mol. The first-order valence-electron chi connectivity index (χ1n) is 10.7. The molecule has 0 saturated carbocycles. The fraction of sp³-hybridized carbons (Fsp3) is 0.231. The maximum Gasteiger partial charge on any atom is 0.262 e. The largest absolute Gasteiger partial charge is 0.493 e. The van der Waals surface area contributed by atoms with E-state index in [2.05, 4.69) is 4.72 Å². The lowest BCUT2D eigenvalue weighted by Gasteiger charge is -2.15. The average Bonchev–Trinajstić information content (AvgIpc) is 2.90. The van der Waals surface area contributed by atoms with Crippen molar-refractivity contribution in [3.8, 4) is 34.5 Å². The maximum atomic E-state index is 13.1. The van der Waals surface area contributed by atoms with Crippen LogP contribution < -0.4 is 33.1 Å². The number of methoxy groups -OCH3 is 6. The van der Waals surface area contributed by atoms with Crippen molar-refractivity contribution in [3.63, 3.8) is 0 Å². The summed E-state index contributed by atoms with van der Waals surface area (Å²) in [6.45, 7) is 0. The standard InChI is InChI=1S/C26H29NO8S/c1-30-21-13-18(14-22(31-2)25(21)34-5)11-10-17-8-7-9-19(12-17)27-36(28,29)20-15-23(32-3)26(35-6)24(16-20)33-4/h7-16,27H,1-6H3/b11-10-. The van der Waals surface area contributed by atoms with E-state index in [1.54, 1.807) is 39.5 Å². The number of rotatable bonds is 11. The van der Waals surface area contributed by atoms with E-state index < -0.39 is 10.0 Å². The van der Waals surface area contributed by atoms with Crippen LogP contribution in [0.15, 0.2) is 53.4 Å². The SMILES string of the molecule is COc1cc(/C=C\c2cccc(NS(=O)(=O)c3cc(OC)c(OC)c(OC)c3)c2)cc(OC)c1OC. The van der Waals surface area contributed by atoms with Crippen LogP contribution in [0.1, 0.15) is 11.1 Å². The molecule has 10 heteroatoms. The number of ether oxygens (including phenoxy) is 6. The summed E-state index contributed by atoms with van der Waals surface area (Å²) in [6.07, 6.45) is 3.70. The molecule has 0 aliphatic heterocycles. The summed E-state index contributed by atoms with van der Waals surface area (Å²) in [5.74, 6) is 2.34. The van der Waals surface area contributed by atoms with Gasteiger partial charge in [-0.25, -0.2) is 8.42 Å². The lowest BCUT2D eigenvalue weighted by molar-refractivity contribution is 0.323. The van der Waals surface area contributed by atoms with Crippen molar-refractivity contribution in [1.82, 2.24) is 0 Å². The Balaban J connectivity index is 1.89. The molecule has 0 aliphatic rings. The van der Waals surface area contributed by atoms with E-state index in [0.717, 1.165) is 11.1 Å². The number of sulfonamides is 1. The van der Waals surface area contributed by atoms with Gasteiger partial charge in [0, 0.05) is 17.8 Å². The van der Waals surface area contributed by atoms with Crippen LogP contribution in [-0.2, 0) is 10.0 Å². The first-order chi connectivity index (χ1) is 17.3. The molecule has 1 N–H and O–H groups in total. The molecule has 3 aromatic carbocycles. The number of hydrogen-bond donors (Lipinski definition) is 1. The lowest BCUT2D eigenvalue weighted by Crippen LogP contribution is -2.13. The van der Waals surface area contributed by atoms with E-state index in [-0.39, 0.29) is 16.4 Å². The van der Waals surface area contributed by atoms with Gasteiger partial charge in [0.2, 0.25) is 11.5 Å². The maximum absolute atomic E-state index is 13.1. The van der Waals surface area contributed by atoms with Crippen molar-refractivity contribution in [2.24, 2.45) is 0 Å². The molecule has 0 heterocycles. The van der Waals surface area contributed by atoms with Gasteiger partial charge in [-0.05, 0) is 35.4 Å². The lowest BCUT2D eigenvalue weighted by atomic mass is 10.1. The van der Waals surface area contributed by atoms with Gasteiger partial charge in [-0.15, -0.1) is 0 Å². The average molecular weight is 516 g/mol. The summed E-state index contributed by atoms with van der Waals surface area (Å²) in [6, 6.07) is 13.4. The van der Waals surface area contributed by atoms with E-state index >= 15 is 0 Å². The van der Waals surface area contributed by atoms with Crippen LogP contribution >= 0.6 is 0 Å². The van der Waals surface area contributed by atoms with Gasteiger partial charge in [0.15, 0.2) is 23.0 Å². The molecule has 3 rings (SSSR count). The van der Waals surface area contributed by atoms with Crippen LogP contribution in [0.2, 0.25) is 0 Å². The van der Waals surface area contributed by atoms with Gasteiger partial charge >= 0.3 is 0 Å². The van der Waals surface area contributed by atoms with Crippen LogP contribution in [0.4, 0.5) is 5.69 Å². The van der Waals surface area contributed by atoms with Crippen LogP contribution in [0.5, 0.6) is 34.5 Å². The Kier molecular flexibility index (Phi) is 8.55. The highest BCUT2D eigenvalue weighted by Crippen LogP contribution is 2.40. The summed E-state index contributed by atoms with van der Waals surface area (Å²) in [7, 11) is 4.98. The molecule has 0 aromatic heterocycles. The van der Waals surface area contributed by atoms with Crippen LogP contribution in [0.3, 0.4) is 0 Å². The fourth-order valence-corrected chi connectivity index (χ4v) is 4.60. The Hall–Kier alpha value is -4.05. The second-order valence-electron chi connectivity index (χ2n) is 7.38. The van der Waals surface area contributed by atoms with Crippen molar-refractivity contribution < 1.29 is 36.8 Å². The smallest absolute Gasteiger partial charge is 0.262 e. The van der Waals surface area contributed by atoms with Crippen LogP contribution in [0, 0.1) is 0 Å². The minimum atomic E-state index is -3.95. The van der Waals surface area contributed by atoms with Crippen molar-refractivity contribution in [1.29, 1.82) is 0 Å². The van der Waals surface area contributed by atoms with Crippen molar-refractivity contribution in [2.45, 2.75) is 4.90 Å². The van der Waals surface area contributed by atoms with Crippen LogP contribution in [-0.4, -0.2) is 51.1 Å². The molecule has 0 atom stereocenters. The molecule has 0 fully saturated rings. The number of anilines is 1. The van der Waals surface area contributed by atoms with Gasteiger partial charge in [-0.2, -0.15) is 0 Å². The Morgan fingerprint density at radius 2 is 1.08 bits per heavy atom. The Morgan fingerprint density at radius 3 is 1.56 bits per heavy atom. The van der Waals surface area contributed by atoms with Gasteiger partial charge in [-0.3, -0.25) is 4.72 Å². The summed E-state index contributed by atoms with van der Waals surface area (Å²) in [5, 5.41) is 0. The van der Waals surface area contributed by atoms with E-state index in [4.69, 9.17) is 28.4 Å². The Morgan fingerprint density at radius 1 is 0.611 bits per heavy atom. The molecule has 0 amide bonds. The minimum absolute atomic E-state index is 0.0321. The molecular formula is C26H29NO8S. The summed E-state index contributed by atoms with van der Waals surface area (Å²) in [5.41, 5.74) is 1.97. The third kappa shape index (κ3) is 5.77. The molecule has 3 aromatic rings. The van der Waals surface area contributed by atoms with Gasteiger partial charge in [0.05, 0.1) is 47.6 Å². The minimum Gasteiger partial charge on any atom is -0.493 e. The molecule has 0 unspecified atom stereocenters. The van der Waals surface area contributed by atoms with E-state index in [1.807, 2.05) is 30.4 Å². The number of hydrogen-bond acceptors (Lipinski definition) is 8. The van der Waals surface area contributed by atoms with E-state index in [9.17, 15) is 8.42 Å². The highest BCUT2D eigenvalue weighted by atomic mass is 32.2. The second-order valence-corrected chi connectivity index (χ2v) is 9.07. The van der Waals surface area contributed by atoms with Gasteiger partial charge < -0.3 is 28.4 Å². The molecule has 0 aliphatic carbocycles. The summed E-state index contributed by atoms with van der Waals surface area (Å²) >= 11 is 0. The highest BCUT2D eigenvalue weighted by molar-refractivity contribution is 7.92. The normalized spacial score (nSPS) is 11.2. The van der Waals surface area contributed by atoms with E-state index in [0.29, 0.717) is 28.7 Å². The van der Waals surface area contributed by atoms with Crippen molar-refractivity contribution in [3.05, 3.63) is 59.7 Å². The molecule has 36 heavy (non-hydrogen) atoms.